The van der Waals surface area contributed by atoms with E-state index in [-0.39, 0.29) is 28.5 Å². The van der Waals surface area contributed by atoms with Gasteiger partial charge in [-0.3, -0.25) is 0 Å². The third-order valence-electron chi connectivity index (χ3n) is 4.76. The SMILES string of the molecule is COc1cc(F)cc(C(Oc2ccc(CN(C)S(=O)(=O)c3ccc(F)cc3)cc2)C(=O)O)c1. The molecule has 1 atom stereocenters. The Hall–Kier alpha value is -3.50. The fourth-order valence-corrected chi connectivity index (χ4v) is 4.21. The van der Waals surface area contributed by atoms with E-state index in [2.05, 4.69) is 0 Å². The highest BCUT2D eigenvalue weighted by Crippen LogP contribution is 2.27. The fourth-order valence-electron chi connectivity index (χ4n) is 3.05. The first-order valence-electron chi connectivity index (χ1n) is 9.65. The minimum atomic E-state index is -3.83. The van der Waals surface area contributed by atoms with Gasteiger partial charge in [0.1, 0.15) is 23.1 Å². The Morgan fingerprint density at radius 3 is 2.18 bits per heavy atom. The van der Waals surface area contributed by atoms with Crippen LogP contribution in [0.4, 0.5) is 8.78 Å². The van der Waals surface area contributed by atoms with Crippen LogP contribution in [0.25, 0.3) is 0 Å². The summed E-state index contributed by atoms with van der Waals surface area (Å²) >= 11 is 0. The molecule has 174 valence electrons. The average molecular weight is 477 g/mol. The second-order valence-electron chi connectivity index (χ2n) is 7.12. The minimum absolute atomic E-state index is 0.0173. The van der Waals surface area contributed by atoms with Crippen LogP contribution in [0, 0.1) is 11.6 Å². The molecule has 0 fully saturated rings. The number of carboxylic acids is 1. The highest BCUT2D eigenvalue weighted by Gasteiger charge is 2.24. The summed E-state index contributed by atoms with van der Waals surface area (Å²) in [5, 5.41) is 9.55. The van der Waals surface area contributed by atoms with Gasteiger partial charge in [0.2, 0.25) is 16.1 Å². The smallest absolute Gasteiger partial charge is 0.349 e. The third kappa shape index (κ3) is 5.85. The maximum Gasteiger partial charge on any atom is 0.349 e. The van der Waals surface area contributed by atoms with Gasteiger partial charge in [0.15, 0.2) is 0 Å². The van der Waals surface area contributed by atoms with Gasteiger partial charge in [-0.1, -0.05) is 12.1 Å². The van der Waals surface area contributed by atoms with E-state index in [1.807, 2.05) is 0 Å². The van der Waals surface area contributed by atoms with E-state index in [4.69, 9.17) is 9.47 Å². The van der Waals surface area contributed by atoms with E-state index in [0.29, 0.717) is 5.56 Å². The molecule has 0 aliphatic carbocycles. The molecule has 1 N–H and O–H groups in total. The Morgan fingerprint density at radius 1 is 0.970 bits per heavy atom. The summed E-state index contributed by atoms with van der Waals surface area (Å²) in [6.45, 7) is 0.0173. The van der Waals surface area contributed by atoms with E-state index in [9.17, 15) is 27.1 Å². The van der Waals surface area contributed by atoms with Crippen molar-refractivity contribution in [3.05, 3.63) is 89.5 Å². The van der Waals surface area contributed by atoms with Crippen LogP contribution < -0.4 is 9.47 Å². The van der Waals surface area contributed by atoms with Crippen molar-refractivity contribution in [2.45, 2.75) is 17.5 Å². The van der Waals surface area contributed by atoms with Crippen LogP contribution in [0.3, 0.4) is 0 Å². The number of hydrogen-bond donors (Lipinski definition) is 1. The molecule has 3 aromatic carbocycles. The highest BCUT2D eigenvalue weighted by molar-refractivity contribution is 7.89. The zero-order valence-corrected chi connectivity index (χ0v) is 18.6. The fraction of sp³-hybridized carbons (Fsp3) is 0.174. The van der Waals surface area contributed by atoms with Crippen LogP contribution in [0.1, 0.15) is 17.2 Å². The average Bonchev–Trinajstić information content (AvgIpc) is 2.78. The van der Waals surface area contributed by atoms with Crippen LogP contribution >= 0.6 is 0 Å². The monoisotopic (exact) mass is 477 g/mol. The lowest BCUT2D eigenvalue weighted by Crippen LogP contribution is -2.26. The lowest BCUT2D eigenvalue weighted by molar-refractivity contribution is -0.145. The summed E-state index contributed by atoms with van der Waals surface area (Å²) in [4.78, 5) is 11.7. The lowest BCUT2D eigenvalue weighted by atomic mass is 10.1. The number of aliphatic carboxylic acids is 1. The number of methoxy groups -OCH3 is 1. The van der Waals surface area contributed by atoms with Crippen molar-refractivity contribution in [2.75, 3.05) is 14.2 Å². The second-order valence-corrected chi connectivity index (χ2v) is 9.16. The van der Waals surface area contributed by atoms with Gasteiger partial charge in [0.05, 0.1) is 12.0 Å². The summed E-state index contributed by atoms with van der Waals surface area (Å²) < 4.78 is 63.8. The molecule has 0 saturated carbocycles. The standard InChI is InChI=1S/C23H21F2NO6S/c1-26(33(29,30)21-9-5-17(24)6-10-21)14-15-3-7-19(8-4-15)32-22(23(27)28)16-11-18(25)13-20(12-16)31-2/h3-13,22H,14H2,1-2H3,(H,27,28). The number of hydrogen-bond acceptors (Lipinski definition) is 5. The zero-order chi connectivity index (χ0) is 24.2. The van der Waals surface area contributed by atoms with Gasteiger partial charge in [-0.2, -0.15) is 4.31 Å². The summed E-state index contributed by atoms with van der Waals surface area (Å²) in [5.74, 6) is -2.18. The molecule has 33 heavy (non-hydrogen) atoms. The molecule has 3 rings (SSSR count). The molecule has 0 saturated heterocycles. The van der Waals surface area contributed by atoms with Crippen LogP contribution in [0.5, 0.6) is 11.5 Å². The van der Waals surface area contributed by atoms with Crippen molar-refractivity contribution < 1.29 is 36.6 Å². The normalized spacial score (nSPS) is 12.4. The number of halogens is 2. The molecule has 0 aromatic heterocycles. The molecule has 0 radical (unpaired) electrons. The molecular weight excluding hydrogens is 456 g/mol. The van der Waals surface area contributed by atoms with Crippen LogP contribution in [-0.4, -0.2) is 38.0 Å². The molecule has 0 heterocycles. The van der Waals surface area contributed by atoms with Crippen LogP contribution in [-0.2, 0) is 21.4 Å². The van der Waals surface area contributed by atoms with Crippen LogP contribution in [0.15, 0.2) is 71.6 Å². The van der Waals surface area contributed by atoms with Crippen molar-refractivity contribution in [1.82, 2.24) is 4.31 Å². The highest BCUT2D eigenvalue weighted by atomic mass is 32.2. The molecule has 0 amide bonds. The van der Waals surface area contributed by atoms with Crippen molar-refractivity contribution in [2.24, 2.45) is 0 Å². The molecule has 1 unspecified atom stereocenters. The Kier molecular flexibility index (Phi) is 7.29. The van der Waals surface area contributed by atoms with Crippen LogP contribution in [0.2, 0.25) is 0 Å². The molecule has 3 aromatic rings. The quantitative estimate of drug-likeness (QED) is 0.501. The molecule has 0 aliphatic heterocycles. The van der Waals surface area contributed by atoms with Gasteiger partial charge in [-0.15, -0.1) is 0 Å². The van der Waals surface area contributed by atoms with Crippen molar-refractivity contribution in [3.63, 3.8) is 0 Å². The Bertz CT molecular complexity index is 1230. The largest absolute Gasteiger partial charge is 0.497 e. The Labute approximate surface area is 189 Å². The molecule has 10 heteroatoms. The molecular formula is C23H21F2NO6S. The third-order valence-corrected chi connectivity index (χ3v) is 6.58. The van der Waals surface area contributed by atoms with Gasteiger partial charge in [-0.25, -0.2) is 22.0 Å². The maximum absolute atomic E-state index is 13.8. The summed E-state index contributed by atoms with van der Waals surface area (Å²) in [6.07, 6.45) is -1.48. The van der Waals surface area contributed by atoms with Crippen molar-refractivity contribution in [1.29, 1.82) is 0 Å². The minimum Gasteiger partial charge on any atom is -0.497 e. The van der Waals surface area contributed by atoms with E-state index in [1.165, 1.54) is 44.5 Å². The zero-order valence-electron chi connectivity index (χ0n) is 17.7. The number of benzene rings is 3. The number of rotatable bonds is 9. The molecule has 0 aliphatic rings. The predicted octanol–water partition coefficient (Wildman–Crippen LogP) is 4.00. The summed E-state index contributed by atoms with van der Waals surface area (Å²) in [6, 6.07) is 14.2. The number of sulfonamides is 1. The van der Waals surface area contributed by atoms with Gasteiger partial charge >= 0.3 is 5.97 Å². The molecule has 0 bridgehead atoms. The Balaban J connectivity index is 1.74. The number of carbonyl (C=O) groups is 1. The summed E-state index contributed by atoms with van der Waals surface area (Å²) in [7, 11) is -1.11. The van der Waals surface area contributed by atoms with Crippen molar-refractivity contribution in [3.8, 4) is 11.5 Å². The van der Waals surface area contributed by atoms with Crippen molar-refractivity contribution >= 4 is 16.0 Å². The topological polar surface area (TPSA) is 93.1 Å². The van der Waals surface area contributed by atoms with Gasteiger partial charge in [0.25, 0.3) is 0 Å². The van der Waals surface area contributed by atoms with E-state index in [1.54, 1.807) is 12.1 Å². The number of ether oxygens (including phenoxy) is 2. The number of nitrogens with zero attached hydrogens (tertiary/aromatic N) is 1. The van der Waals surface area contributed by atoms with E-state index in [0.717, 1.165) is 28.6 Å². The molecule has 7 nitrogen and oxygen atoms in total. The predicted molar refractivity (Wildman–Crippen MR) is 115 cm³/mol. The lowest BCUT2D eigenvalue weighted by Gasteiger charge is -2.19. The van der Waals surface area contributed by atoms with Gasteiger partial charge < -0.3 is 14.6 Å². The second kappa shape index (κ2) is 9.97. The summed E-state index contributed by atoms with van der Waals surface area (Å²) in [5.41, 5.74) is 0.670. The van der Waals surface area contributed by atoms with Gasteiger partial charge in [-0.05, 0) is 54.1 Å². The van der Waals surface area contributed by atoms with Gasteiger partial charge in [0, 0.05) is 25.2 Å². The number of carboxylic acid groups (broad SMARTS) is 1. The maximum atomic E-state index is 13.8. The van der Waals surface area contributed by atoms with E-state index < -0.39 is 33.7 Å². The first-order valence-corrected chi connectivity index (χ1v) is 11.1. The Morgan fingerprint density at radius 2 is 1.61 bits per heavy atom. The first-order chi connectivity index (χ1) is 15.6. The first kappa shape index (κ1) is 24.1. The molecule has 0 spiro atoms. The van der Waals surface area contributed by atoms with E-state index >= 15 is 0 Å².